The second-order valence-electron chi connectivity index (χ2n) is 6.56. The van der Waals surface area contributed by atoms with Crippen LogP contribution in [0, 0.1) is 17.0 Å². The van der Waals surface area contributed by atoms with Gasteiger partial charge in [-0.15, -0.1) is 0 Å². The summed E-state index contributed by atoms with van der Waals surface area (Å²) in [6, 6.07) is 10.2. The summed E-state index contributed by atoms with van der Waals surface area (Å²) in [5.74, 6) is 0.429. The summed E-state index contributed by atoms with van der Waals surface area (Å²) in [6.45, 7) is 2.50. The van der Waals surface area contributed by atoms with Crippen LogP contribution in [0.3, 0.4) is 0 Å². The van der Waals surface area contributed by atoms with Gasteiger partial charge < -0.3 is 15.0 Å². The third-order valence-electron chi connectivity index (χ3n) is 4.43. The molecule has 1 heterocycles. The summed E-state index contributed by atoms with van der Waals surface area (Å²) in [4.78, 5) is 25.2. The van der Waals surface area contributed by atoms with E-state index in [2.05, 4.69) is 5.32 Å². The van der Waals surface area contributed by atoms with Crippen LogP contribution in [-0.4, -0.2) is 31.5 Å². The zero-order valence-electron chi connectivity index (χ0n) is 15.0. The number of nitro benzene ring substituents is 1. The van der Waals surface area contributed by atoms with Crippen LogP contribution < -0.4 is 15.0 Å². The molecule has 7 heteroatoms. The van der Waals surface area contributed by atoms with E-state index in [0.29, 0.717) is 18.7 Å². The molecule has 1 amide bonds. The molecule has 0 aliphatic carbocycles. The van der Waals surface area contributed by atoms with Crippen LogP contribution in [0.15, 0.2) is 36.4 Å². The van der Waals surface area contributed by atoms with E-state index in [1.807, 2.05) is 25.1 Å². The number of aryl methyl sites for hydroxylation is 1. The molecule has 7 nitrogen and oxygen atoms in total. The third-order valence-corrected chi connectivity index (χ3v) is 4.43. The van der Waals surface area contributed by atoms with Gasteiger partial charge in [0, 0.05) is 37.7 Å². The molecule has 0 saturated carbocycles. The number of hydrogen-bond donors (Lipinski definition) is 1. The average molecular weight is 355 g/mol. The minimum atomic E-state index is -0.473. The van der Waals surface area contributed by atoms with Crippen molar-refractivity contribution in [1.29, 1.82) is 0 Å². The number of anilines is 1. The maximum absolute atomic E-state index is 12.7. The van der Waals surface area contributed by atoms with Gasteiger partial charge in [0.05, 0.1) is 17.6 Å². The Morgan fingerprint density at radius 2 is 2.04 bits per heavy atom. The summed E-state index contributed by atoms with van der Waals surface area (Å²) in [7, 11) is 3.45. The normalized spacial score (nSPS) is 15.6. The summed E-state index contributed by atoms with van der Waals surface area (Å²) >= 11 is 0. The average Bonchev–Trinajstić information content (AvgIpc) is 2.61. The second kappa shape index (κ2) is 7.03. The molecule has 1 unspecified atom stereocenters. The number of ether oxygens (including phenoxy) is 1. The van der Waals surface area contributed by atoms with Crippen LogP contribution in [0.25, 0.3) is 0 Å². The molecule has 1 N–H and O–H groups in total. The van der Waals surface area contributed by atoms with Gasteiger partial charge in [-0.1, -0.05) is 17.7 Å². The quantitative estimate of drug-likeness (QED) is 0.672. The number of rotatable bonds is 4. The summed E-state index contributed by atoms with van der Waals surface area (Å²) in [5.41, 5.74) is 2.65. The molecule has 1 aliphatic rings. The molecule has 1 aliphatic heterocycles. The van der Waals surface area contributed by atoms with Gasteiger partial charge in [0.25, 0.3) is 11.6 Å². The van der Waals surface area contributed by atoms with E-state index in [1.165, 1.54) is 6.07 Å². The molecule has 0 fully saturated rings. The predicted molar refractivity (Wildman–Crippen MR) is 98.9 cm³/mol. The number of hydrogen-bond acceptors (Lipinski definition) is 5. The van der Waals surface area contributed by atoms with Gasteiger partial charge in [-0.25, -0.2) is 0 Å². The number of benzene rings is 2. The molecule has 0 bridgehead atoms. The van der Waals surface area contributed by atoms with E-state index >= 15 is 0 Å². The largest absolute Gasteiger partial charge is 0.493 e. The van der Waals surface area contributed by atoms with Crippen LogP contribution in [0.2, 0.25) is 0 Å². The minimum absolute atomic E-state index is 0.0918. The molecule has 2 aromatic rings. The van der Waals surface area contributed by atoms with E-state index < -0.39 is 4.92 Å². The van der Waals surface area contributed by atoms with Gasteiger partial charge in [-0.3, -0.25) is 14.9 Å². The van der Waals surface area contributed by atoms with Gasteiger partial charge in [0.15, 0.2) is 0 Å². The van der Waals surface area contributed by atoms with E-state index in [0.717, 1.165) is 16.9 Å². The molecule has 2 aromatic carbocycles. The monoisotopic (exact) mass is 355 g/mol. The van der Waals surface area contributed by atoms with Gasteiger partial charge >= 0.3 is 0 Å². The van der Waals surface area contributed by atoms with Gasteiger partial charge in [0.1, 0.15) is 11.4 Å². The topological polar surface area (TPSA) is 84.7 Å². The van der Waals surface area contributed by atoms with Crippen molar-refractivity contribution >= 4 is 17.3 Å². The molecule has 0 spiro atoms. The summed E-state index contributed by atoms with van der Waals surface area (Å²) in [5, 5.41) is 14.3. The smallest absolute Gasteiger partial charge is 0.293 e. The van der Waals surface area contributed by atoms with Gasteiger partial charge in [-0.2, -0.15) is 0 Å². The van der Waals surface area contributed by atoms with Crippen LogP contribution >= 0.6 is 0 Å². The zero-order chi connectivity index (χ0) is 18.8. The second-order valence-corrected chi connectivity index (χ2v) is 6.56. The Kier molecular flexibility index (Phi) is 4.79. The summed E-state index contributed by atoms with van der Waals surface area (Å²) < 4.78 is 5.64. The van der Waals surface area contributed by atoms with E-state index in [9.17, 15) is 14.9 Å². The van der Waals surface area contributed by atoms with Crippen molar-refractivity contribution in [2.75, 3.05) is 25.6 Å². The Hall–Kier alpha value is -3.09. The van der Waals surface area contributed by atoms with Crippen LogP contribution in [-0.2, 0) is 0 Å². The first-order valence-corrected chi connectivity index (χ1v) is 8.37. The molecule has 0 saturated heterocycles. The minimum Gasteiger partial charge on any atom is -0.493 e. The van der Waals surface area contributed by atoms with Crippen molar-refractivity contribution in [3.8, 4) is 5.75 Å². The lowest BCUT2D eigenvalue weighted by molar-refractivity contribution is -0.384. The number of carbonyl (C=O) groups is 1. The number of fused-ring (bicyclic) bond motifs is 1. The lowest BCUT2D eigenvalue weighted by Gasteiger charge is -2.27. The molecule has 136 valence electrons. The first kappa shape index (κ1) is 17.7. The number of carbonyl (C=O) groups excluding carboxylic acids is 1. The molecular weight excluding hydrogens is 334 g/mol. The Morgan fingerprint density at radius 1 is 1.27 bits per heavy atom. The maximum Gasteiger partial charge on any atom is 0.293 e. The lowest BCUT2D eigenvalue weighted by Crippen LogP contribution is -2.32. The van der Waals surface area contributed by atoms with Crippen molar-refractivity contribution < 1.29 is 14.5 Å². The molecule has 3 rings (SSSR count). The number of nitro groups is 1. The Bertz CT molecular complexity index is 864. The van der Waals surface area contributed by atoms with Crippen molar-refractivity contribution in [3.63, 3.8) is 0 Å². The maximum atomic E-state index is 12.7. The molecular formula is C19H21N3O4. The van der Waals surface area contributed by atoms with Crippen LogP contribution in [0.4, 0.5) is 11.4 Å². The van der Waals surface area contributed by atoms with Crippen molar-refractivity contribution in [1.82, 2.24) is 5.32 Å². The Morgan fingerprint density at radius 3 is 2.73 bits per heavy atom. The Labute approximate surface area is 151 Å². The molecule has 0 aromatic heterocycles. The van der Waals surface area contributed by atoms with Crippen LogP contribution in [0.5, 0.6) is 5.75 Å². The molecule has 26 heavy (non-hydrogen) atoms. The van der Waals surface area contributed by atoms with Crippen molar-refractivity contribution in [2.45, 2.75) is 19.4 Å². The molecule has 0 radical (unpaired) electrons. The fourth-order valence-corrected chi connectivity index (χ4v) is 3.09. The molecule has 1 atom stereocenters. The number of nitrogens with one attached hydrogen (secondary N) is 1. The fourth-order valence-electron chi connectivity index (χ4n) is 3.09. The van der Waals surface area contributed by atoms with E-state index in [4.69, 9.17) is 4.74 Å². The standard InChI is InChI=1S/C19H21N3O4/c1-12-4-7-18-14(10-12)15(8-9-26-18)20-19(23)13-5-6-16(21(2)3)17(11-13)22(24)25/h4-7,10-11,15H,8-9H2,1-3H3,(H,20,23). The highest BCUT2D eigenvalue weighted by atomic mass is 16.6. The first-order chi connectivity index (χ1) is 12.4. The highest BCUT2D eigenvalue weighted by molar-refractivity contribution is 5.96. The lowest BCUT2D eigenvalue weighted by atomic mass is 9.98. The van der Waals surface area contributed by atoms with Gasteiger partial charge in [0.2, 0.25) is 0 Å². The third kappa shape index (κ3) is 3.46. The highest BCUT2D eigenvalue weighted by Gasteiger charge is 2.25. The SMILES string of the molecule is Cc1ccc2c(c1)C(NC(=O)c1ccc(N(C)C)c([N+](=O)[O-])c1)CCO2. The van der Waals surface area contributed by atoms with Crippen molar-refractivity contribution in [3.05, 3.63) is 63.2 Å². The number of nitrogens with zero attached hydrogens (tertiary/aromatic N) is 2. The fraction of sp³-hybridized carbons (Fsp3) is 0.316. The zero-order valence-corrected chi connectivity index (χ0v) is 15.0. The highest BCUT2D eigenvalue weighted by Crippen LogP contribution is 2.33. The summed E-state index contributed by atoms with van der Waals surface area (Å²) in [6.07, 6.45) is 0.653. The predicted octanol–water partition coefficient (Wildman–Crippen LogP) is 3.22. The van der Waals surface area contributed by atoms with E-state index in [-0.39, 0.29) is 23.2 Å². The van der Waals surface area contributed by atoms with E-state index in [1.54, 1.807) is 31.1 Å². The number of amides is 1. The van der Waals surface area contributed by atoms with Gasteiger partial charge in [-0.05, 0) is 25.1 Å². The van der Waals surface area contributed by atoms with Crippen molar-refractivity contribution in [2.24, 2.45) is 0 Å². The Balaban J connectivity index is 1.87. The first-order valence-electron chi connectivity index (χ1n) is 8.37. The van der Waals surface area contributed by atoms with Crippen LogP contribution in [0.1, 0.15) is 33.9 Å².